The van der Waals surface area contributed by atoms with Gasteiger partial charge in [-0.1, -0.05) is 50.0 Å². The molecule has 1 atom stereocenters. The SMILES string of the molecule is CC(C)(C)OC(=O)N1CCN(c2cc(S(=O)(=O)N(COCC[Si](C)(C)C)C3(C)CC3)cc3c2cnn3C2CCN(C(=O)OCc3ccccc3)C2)CC1. The van der Waals surface area contributed by atoms with Crippen molar-refractivity contribution in [1.82, 2.24) is 23.9 Å². The fourth-order valence-electron chi connectivity index (χ4n) is 6.78. The molecular weight excluding hydrogens is 713 g/mol. The van der Waals surface area contributed by atoms with E-state index < -0.39 is 29.2 Å². The smallest absolute Gasteiger partial charge is 0.410 e. The van der Waals surface area contributed by atoms with Gasteiger partial charge in [0.25, 0.3) is 0 Å². The van der Waals surface area contributed by atoms with Crippen molar-refractivity contribution < 1.29 is 32.2 Å². The molecule has 1 aliphatic carbocycles. The lowest BCUT2D eigenvalue weighted by atomic mass is 10.1. The molecule has 15 heteroatoms. The second-order valence-corrected chi connectivity index (χ2v) is 24.5. The highest BCUT2D eigenvalue weighted by Crippen LogP contribution is 2.45. The van der Waals surface area contributed by atoms with Crippen LogP contribution in [0, 0.1) is 0 Å². The van der Waals surface area contributed by atoms with Crippen LogP contribution in [0.1, 0.15) is 58.6 Å². The summed E-state index contributed by atoms with van der Waals surface area (Å²) in [5.41, 5.74) is 1.22. The molecule has 2 amide bonds. The Bertz CT molecular complexity index is 1880. The van der Waals surface area contributed by atoms with E-state index in [4.69, 9.17) is 19.3 Å². The molecule has 2 saturated heterocycles. The van der Waals surface area contributed by atoms with Gasteiger partial charge in [0.1, 0.15) is 18.9 Å². The van der Waals surface area contributed by atoms with E-state index in [-0.39, 0.29) is 36.5 Å². The van der Waals surface area contributed by atoms with Gasteiger partial charge < -0.3 is 28.9 Å². The Kier molecular flexibility index (Phi) is 11.2. The maximum absolute atomic E-state index is 14.7. The van der Waals surface area contributed by atoms with Crippen molar-refractivity contribution in [3.63, 3.8) is 0 Å². The number of aromatic nitrogens is 2. The Hall–Kier alpha value is -3.66. The highest BCUT2D eigenvalue weighted by atomic mass is 32.2. The summed E-state index contributed by atoms with van der Waals surface area (Å²) >= 11 is 0. The Morgan fingerprint density at radius 1 is 0.981 bits per heavy atom. The zero-order valence-corrected chi connectivity index (χ0v) is 34.2. The van der Waals surface area contributed by atoms with Crippen molar-refractivity contribution in [2.75, 3.05) is 57.5 Å². The average molecular weight is 769 g/mol. The van der Waals surface area contributed by atoms with Crippen LogP contribution < -0.4 is 4.90 Å². The minimum absolute atomic E-state index is 0.00676. The predicted octanol–water partition coefficient (Wildman–Crippen LogP) is 6.53. The molecule has 1 unspecified atom stereocenters. The van der Waals surface area contributed by atoms with E-state index in [0.717, 1.165) is 35.5 Å². The molecule has 1 aromatic heterocycles. The summed E-state index contributed by atoms with van der Waals surface area (Å²) in [4.78, 5) is 31.6. The molecule has 6 rings (SSSR count). The van der Waals surface area contributed by atoms with Gasteiger partial charge >= 0.3 is 12.2 Å². The number of hydrogen-bond donors (Lipinski definition) is 0. The van der Waals surface area contributed by atoms with Gasteiger partial charge in [-0.2, -0.15) is 9.40 Å². The first kappa shape index (κ1) is 39.0. The number of benzene rings is 2. The molecule has 0 radical (unpaired) electrons. The summed E-state index contributed by atoms with van der Waals surface area (Å²) < 4.78 is 50.2. The van der Waals surface area contributed by atoms with Crippen LogP contribution in [0.5, 0.6) is 0 Å². The quantitative estimate of drug-likeness (QED) is 0.115. The number of anilines is 1. The second-order valence-electron chi connectivity index (χ2n) is 17.0. The highest BCUT2D eigenvalue weighted by Gasteiger charge is 2.50. The molecule has 0 spiro atoms. The van der Waals surface area contributed by atoms with Crippen molar-refractivity contribution in [3.8, 4) is 0 Å². The summed E-state index contributed by atoms with van der Waals surface area (Å²) in [6, 6.07) is 13.8. The summed E-state index contributed by atoms with van der Waals surface area (Å²) in [7, 11) is -5.37. The minimum atomic E-state index is -4.00. The topological polar surface area (TPSA) is 127 Å². The van der Waals surface area contributed by atoms with Crippen molar-refractivity contribution in [1.29, 1.82) is 0 Å². The molecule has 53 heavy (non-hydrogen) atoms. The normalized spacial score (nSPS) is 19.2. The first-order chi connectivity index (χ1) is 24.9. The standard InChI is InChI=1S/C38H56N6O7SSi/c1-37(2,3)51-36(46)41-19-17-40(18-20-41)33-23-31(52(47,48)43(38(4)14-15-38)28-49-21-22-53(5,6)7)24-34-32(33)25-39-44(34)30-13-16-42(26-30)35(45)50-27-29-11-9-8-10-12-29/h8-12,23-25,30H,13-22,26-28H2,1-7H3. The van der Waals surface area contributed by atoms with Gasteiger partial charge in [0.05, 0.1) is 22.7 Å². The van der Waals surface area contributed by atoms with E-state index in [9.17, 15) is 18.0 Å². The van der Waals surface area contributed by atoms with E-state index >= 15 is 0 Å². The van der Waals surface area contributed by atoms with Crippen molar-refractivity contribution in [2.24, 2.45) is 0 Å². The number of nitrogens with zero attached hydrogens (tertiary/aromatic N) is 6. The van der Waals surface area contributed by atoms with Crippen LogP contribution >= 0.6 is 0 Å². The monoisotopic (exact) mass is 768 g/mol. The van der Waals surface area contributed by atoms with E-state index in [0.29, 0.717) is 57.8 Å². The zero-order chi connectivity index (χ0) is 38.2. The number of hydrogen-bond acceptors (Lipinski definition) is 9. The molecule has 2 aromatic carbocycles. The number of fused-ring (bicyclic) bond motifs is 1. The summed E-state index contributed by atoms with van der Waals surface area (Å²) in [5, 5.41) is 5.63. The first-order valence-electron chi connectivity index (χ1n) is 18.7. The first-order valence-corrected chi connectivity index (χ1v) is 23.9. The van der Waals surface area contributed by atoms with Gasteiger partial charge in [-0.05, 0) is 70.7 Å². The van der Waals surface area contributed by atoms with Crippen LogP contribution in [-0.2, 0) is 30.8 Å². The molecule has 0 N–H and O–H groups in total. The minimum Gasteiger partial charge on any atom is -0.445 e. The number of carbonyl (C=O) groups is 2. The Labute approximate surface area is 315 Å². The number of piperazine rings is 1. The summed E-state index contributed by atoms with van der Waals surface area (Å²) in [6.07, 6.45) is 3.22. The van der Waals surface area contributed by atoms with Crippen LogP contribution in [0.4, 0.5) is 15.3 Å². The Balaban J connectivity index is 1.29. The number of carbonyl (C=O) groups excluding carboxylic acids is 2. The van der Waals surface area contributed by atoms with Gasteiger partial charge in [-0.25, -0.2) is 18.0 Å². The Morgan fingerprint density at radius 2 is 1.68 bits per heavy atom. The average Bonchev–Trinajstić information content (AvgIpc) is 3.45. The van der Waals surface area contributed by atoms with Gasteiger partial charge in [-0.15, -0.1) is 0 Å². The molecule has 2 aliphatic heterocycles. The highest BCUT2D eigenvalue weighted by molar-refractivity contribution is 7.89. The van der Waals surface area contributed by atoms with Crippen LogP contribution in [0.25, 0.3) is 10.9 Å². The maximum atomic E-state index is 14.7. The van der Waals surface area contributed by atoms with Crippen molar-refractivity contribution in [3.05, 3.63) is 54.2 Å². The number of amides is 2. The fourth-order valence-corrected chi connectivity index (χ4v) is 9.28. The lowest BCUT2D eigenvalue weighted by molar-refractivity contribution is 0.0240. The van der Waals surface area contributed by atoms with Crippen molar-refractivity contribution >= 4 is 46.9 Å². The van der Waals surface area contributed by atoms with E-state index in [2.05, 4.69) is 24.5 Å². The van der Waals surface area contributed by atoms with E-state index in [1.165, 1.54) is 4.31 Å². The van der Waals surface area contributed by atoms with Crippen LogP contribution in [0.2, 0.25) is 25.7 Å². The molecule has 13 nitrogen and oxygen atoms in total. The molecular formula is C38H56N6O7SSi. The number of ether oxygens (including phenoxy) is 3. The van der Waals surface area contributed by atoms with E-state index in [1.54, 1.807) is 28.1 Å². The molecule has 3 heterocycles. The lowest BCUT2D eigenvalue weighted by Gasteiger charge is -2.37. The lowest BCUT2D eigenvalue weighted by Crippen LogP contribution is -2.50. The Morgan fingerprint density at radius 3 is 2.32 bits per heavy atom. The van der Waals surface area contributed by atoms with Crippen molar-refractivity contribution in [2.45, 2.75) is 101 Å². The maximum Gasteiger partial charge on any atom is 0.410 e. The number of sulfonamides is 1. The number of rotatable bonds is 12. The number of likely N-dealkylation sites (tertiary alicyclic amines) is 1. The van der Waals surface area contributed by atoms with Crippen LogP contribution in [-0.4, -0.2) is 116 Å². The van der Waals surface area contributed by atoms with Gasteiger partial charge in [-0.3, -0.25) is 4.68 Å². The third-order valence-corrected chi connectivity index (χ3v) is 13.9. The molecule has 1 saturated carbocycles. The third-order valence-electron chi connectivity index (χ3n) is 10.3. The molecule has 3 fully saturated rings. The van der Waals surface area contributed by atoms with Gasteiger partial charge in [0.2, 0.25) is 10.0 Å². The van der Waals surface area contributed by atoms with E-state index in [1.807, 2.05) is 62.7 Å². The molecule has 0 bridgehead atoms. The molecule has 3 aliphatic rings. The second kappa shape index (κ2) is 15.2. The fraction of sp³-hybridized carbons (Fsp3) is 0.605. The largest absolute Gasteiger partial charge is 0.445 e. The van der Waals surface area contributed by atoms with Crippen LogP contribution in [0.3, 0.4) is 0 Å². The molecule has 3 aromatic rings. The third kappa shape index (κ3) is 9.35. The van der Waals surface area contributed by atoms with Gasteiger partial charge in [0, 0.05) is 70.6 Å². The van der Waals surface area contributed by atoms with Crippen LogP contribution in [0.15, 0.2) is 53.6 Å². The summed E-state index contributed by atoms with van der Waals surface area (Å²) in [5.74, 6) is 0. The molecule has 290 valence electrons. The summed E-state index contributed by atoms with van der Waals surface area (Å²) in [6.45, 7) is 17.8. The predicted molar refractivity (Wildman–Crippen MR) is 207 cm³/mol. The zero-order valence-electron chi connectivity index (χ0n) is 32.3. The van der Waals surface area contributed by atoms with Gasteiger partial charge in [0.15, 0.2) is 0 Å².